The number of ether oxygens (including phenoxy) is 1. The number of carboxylic acid groups (broad SMARTS) is 1. The number of amides is 3. The fourth-order valence-electron chi connectivity index (χ4n) is 2.00. The van der Waals surface area contributed by atoms with Crippen molar-refractivity contribution >= 4 is 17.9 Å². The highest BCUT2D eigenvalue weighted by atomic mass is 16.5. The second-order valence-electron chi connectivity index (χ2n) is 5.12. The maximum Gasteiger partial charge on any atom is 0.334 e. The molecule has 0 spiro atoms. The van der Waals surface area contributed by atoms with E-state index in [1.54, 1.807) is 0 Å². The lowest BCUT2D eigenvalue weighted by Crippen LogP contribution is -2.53. The molecular weight excluding hydrogens is 266 g/mol. The first kappa shape index (κ1) is 14.6. The van der Waals surface area contributed by atoms with Gasteiger partial charge in [0.15, 0.2) is 6.10 Å². The topological polar surface area (TPSA) is 99.2 Å². The third-order valence-electron chi connectivity index (χ3n) is 3.26. The van der Waals surface area contributed by atoms with Crippen LogP contribution in [-0.2, 0) is 14.3 Å². The minimum absolute atomic E-state index is 0.00273. The van der Waals surface area contributed by atoms with Gasteiger partial charge in [-0.2, -0.15) is 0 Å². The molecule has 0 aromatic carbocycles. The second kappa shape index (κ2) is 6.08. The molecule has 1 aliphatic carbocycles. The Morgan fingerprint density at radius 1 is 1.40 bits per heavy atom. The molecule has 1 saturated carbocycles. The lowest BCUT2D eigenvalue weighted by molar-refractivity contribution is -0.154. The third kappa shape index (κ3) is 3.83. The van der Waals surface area contributed by atoms with Gasteiger partial charge in [0, 0.05) is 19.6 Å². The normalized spacial score (nSPS) is 22.2. The highest BCUT2D eigenvalue weighted by Gasteiger charge is 2.31. The van der Waals surface area contributed by atoms with Crippen LogP contribution in [0.5, 0.6) is 0 Å². The van der Waals surface area contributed by atoms with Gasteiger partial charge in [-0.05, 0) is 12.8 Å². The van der Waals surface area contributed by atoms with E-state index in [2.05, 4.69) is 5.32 Å². The highest BCUT2D eigenvalue weighted by molar-refractivity contribution is 5.84. The number of nitrogens with zero attached hydrogens (tertiary/aromatic N) is 2. The number of hydrogen-bond donors (Lipinski definition) is 2. The van der Waals surface area contributed by atoms with Crippen LogP contribution in [0, 0.1) is 0 Å². The number of likely N-dealkylation sites (N-methyl/N-ethyl adjacent to an activating group) is 1. The van der Waals surface area contributed by atoms with Gasteiger partial charge >= 0.3 is 12.0 Å². The molecule has 1 unspecified atom stereocenters. The zero-order valence-electron chi connectivity index (χ0n) is 11.4. The molecule has 8 nitrogen and oxygen atoms in total. The van der Waals surface area contributed by atoms with Crippen molar-refractivity contribution in [1.82, 2.24) is 15.1 Å². The summed E-state index contributed by atoms with van der Waals surface area (Å²) in [6, 6.07) is -0.101. The maximum absolute atomic E-state index is 12.1. The van der Waals surface area contributed by atoms with Crippen LogP contribution in [-0.4, -0.2) is 78.2 Å². The summed E-state index contributed by atoms with van der Waals surface area (Å²) in [4.78, 5) is 37.3. The average Bonchev–Trinajstić information content (AvgIpc) is 3.21. The first-order chi connectivity index (χ1) is 9.47. The highest BCUT2D eigenvalue weighted by Crippen LogP contribution is 2.18. The summed E-state index contributed by atoms with van der Waals surface area (Å²) in [5.41, 5.74) is 0. The molecular formula is C12H19N3O5. The van der Waals surface area contributed by atoms with Crippen molar-refractivity contribution in [2.75, 3.05) is 33.3 Å². The van der Waals surface area contributed by atoms with E-state index in [4.69, 9.17) is 9.84 Å². The van der Waals surface area contributed by atoms with Gasteiger partial charge in [0.25, 0.3) is 0 Å². The van der Waals surface area contributed by atoms with E-state index >= 15 is 0 Å². The molecule has 0 bridgehead atoms. The number of rotatable bonds is 4. The first-order valence-corrected chi connectivity index (χ1v) is 6.61. The van der Waals surface area contributed by atoms with E-state index < -0.39 is 12.1 Å². The molecule has 2 rings (SSSR count). The summed E-state index contributed by atoms with van der Waals surface area (Å²) < 4.78 is 5.05. The lowest BCUT2D eigenvalue weighted by atomic mass is 10.3. The fraction of sp³-hybridized carbons (Fsp3) is 0.750. The van der Waals surface area contributed by atoms with E-state index in [1.807, 2.05) is 0 Å². The molecule has 1 saturated heterocycles. The van der Waals surface area contributed by atoms with Crippen LogP contribution < -0.4 is 5.32 Å². The number of carboxylic acids is 1. The number of hydrogen-bond acceptors (Lipinski definition) is 4. The summed E-state index contributed by atoms with van der Waals surface area (Å²) in [5, 5.41) is 11.7. The molecule has 1 heterocycles. The van der Waals surface area contributed by atoms with Gasteiger partial charge in [-0.3, -0.25) is 4.79 Å². The minimum Gasteiger partial charge on any atom is -0.479 e. The van der Waals surface area contributed by atoms with Gasteiger partial charge in [-0.25, -0.2) is 9.59 Å². The van der Waals surface area contributed by atoms with Crippen LogP contribution in [0.15, 0.2) is 0 Å². The van der Waals surface area contributed by atoms with Gasteiger partial charge in [-0.15, -0.1) is 0 Å². The molecule has 2 aliphatic rings. The number of aliphatic carboxylic acids is 1. The lowest BCUT2D eigenvalue weighted by Gasteiger charge is -2.33. The van der Waals surface area contributed by atoms with Crippen LogP contribution in [0.1, 0.15) is 12.8 Å². The van der Waals surface area contributed by atoms with Gasteiger partial charge < -0.3 is 25.0 Å². The van der Waals surface area contributed by atoms with E-state index in [0.29, 0.717) is 6.54 Å². The van der Waals surface area contributed by atoms with Crippen LogP contribution in [0.3, 0.4) is 0 Å². The third-order valence-corrected chi connectivity index (χ3v) is 3.26. The molecule has 1 aliphatic heterocycles. The largest absolute Gasteiger partial charge is 0.479 e. The molecule has 8 heteroatoms. The number of nitrogens with one attached hydrogen (secondary N) is 1. The van der Waals surface area contributed by atoms with Crippen LogP contribution in [0.2, 0.25) is 0 Å². The molecule has 0 aromatic rings. The predicted octanol–water partition coefficient (Wildman–Crippen LogP) is -0.898. The van der Waals surface area contributed by atoms with Crippen LogP contribution in [0.25, 0.3) is 0 Å². The Labute approximate surface area is 116 Å². The molecule has 20 heavy (non-hydrogen) atoms. The zero-order valence-corrected chi connectivity index (χ0v) is 11.4. The van der Waals surface area contributed by atoms with Gasteiger partial charge in [0.1, 0.15) is 6.54 Å². The van der Waals surface area contributed by atoms with Crippen LogP contribution in [0.4, 0.5) is 4.79 Å². The number of urea groups is 1. The number of morpholine rings is 1. The SMILES string of the molecule is CN(CC(=O)NC1CC1)C(=O)N1CCOC(C(=O)O)C1. The Hall–Kier alpha value is -1.83. The summed E-state index contributed by atoms with van der Waals surface area (Å²) in [5.74, 6) is -1.27. The molecule has 0 aromatic heterocycles. The monoisotopic (exact) mass is 285 g/mol. The van der Waals surface area contributed by atoms with E-state index in [1.165, 1.54) is 16.8 Å². The smallest absolute Gasteiger partial charge is 0.334 e. The number of carbonyl (C=O) groups is 3. The Kier molecular flexibility index (Phi) is 4.43. The fourth-order valence-corrected chi connectivity index (χ4v) is 2.00. The Bertz CT molecular complexity index is 410. The second-order valence-corrected chi connectivity index (χ2v) is 5.12. The molecule has 112 valence electrons. The van der Waals surface area contributed by atoms with Crippen molar-refractivity contribution in [3.05, 3.63) is 0 Å². The minimum atomic E-state index is -1.09. The van der Waals surface area contributed by atoms with Crippen molar-refractivity contribution in [2.24, 2.45) is 0 Å². The van der Waals surface area contributed by atoms with Gasteiger partial charge in [0.05, 0.1) is 13.2 Å². The van der Waals surface area contributed by atoms with Crippen molar-refractivity contribution in [2.45, 2.75) is 25.0 Å². The number of carbonyl (C=O) groups excluding carboxylic acids is 2. The van der Waals surface area contributed by atoms with Crippen molar-refractivity contribution in [1.29, 1.82) is 0 Å². The Morgan fingerprint density at radius 3 is 2.70 bits per heavy atom. The summed E-state index contributed by atoms with van der Waals surface area (Å²) in [6.07, 6.45) is 0.988. The van der Waals surface area contributed by atoms with E-state index in [-0.39, 0.29) is 37.7 Å². The zero-order chi connectivity index (χ0) is 14.7. The van der Waals surface area contributed by atoms with Crippen molar-refractivity contribution in [3.63, 3.8) is 0 Å². The van der Waals surface area contributed by atoms with Gasteiger partial charge in [0.2, 0.25) is 5.91 Å². The van der Waals surface area contributed by atoms with Crippen LogP contribution >= 0.6 is 0 Å². The Morgan fingerprint density at radius 2 is 2.10 bits per heavy atom. The molecule has 2 fully saturated rings. The van der Waals surface area contributed by atoms with Gasteiger partial charge in [-0.1, -0.05) is 0 Å². The predicted molar refractivity (Wildman–Crippen MR) is 68.1 cm³/mol. The summed E-state index contributed by atoms with van der Waals surface area (Å²) in [6.45, 7) is 0.495. The standard InChI is InChI=1S/C12H19N3O5/c1-14(7-10(16)13-8-2-3-8)12(19)15-4-5-20-9(6-15)11(17)18/h8-9H,2-7H2,1H3,(H,13,16)(H,17,18). The first-order valence-electron chi connectivity index (χ1n) is 6.61. The van der Waals surface area contributed by atoms with Crippen molar-refractivity contribution < 1.29 is 24.2 Å². The van der Waals surface area contributed by atoms with Crippen molar-refractivity contribution in [3.8, 4) is 0 Å². The quantitative estimate of drug-likeness (QED) is 0.697. The molecule has 2 N–H and O–H groups in total. The summed E-state index contributed by atoms with van der Waals surface area (Å²) >= 11 is 0. The Balaban J connectivity index is 1.82. The van der Waals surface area contributed by atoms with E-state index in [0.717, 1.165) is 12.8 Å². The molecule has 1 atom stereocenters. The summed E-state index contributed by atoms with van der Waals surface area (Å²) in [7, 11) is 1.53. The van der Waals surface area contributed by atoms with E-state index in [9.17, 15) is 14.4 Å². The molecule has 0 radical (unpaired) electrons. The molecule has 3 amide bonds. The average molecular weight is 285 g/mol. The maximum atomic E-state index is 12.1.